The molecule has 0 radical (unpaired) electrons. The summed E-state index contributed by atoms with van der Waals surface area (Å²) in [7, 11) is 1.69. The summed E-state index contributed by atoms with van der Waals surface area (Å²) in [6.45, 7) is 1.40. The van der Waals surface area contributed by atoms with Crippen LogP contribution in [0.5, 0.6) is 5.75 Å². The maximum Gasteiger partial charge on any atom is 0.119 e. The van der Waals surface area contributed by atoms with Gasteiger partial charge in [0.1, 0.15) is 11.4 Å². The van der Waals surface area contributed by atoms with Crippen molar-refractivity contribution in [1.82, 2.24) is 5.32 Å². The molecule has 0 saturated carbocycles. The van der Waals surface area contributed by atoms with Gasteiger partial charge in [0, 0.05) is 13.0 Å². The van der Waals surface area contributed by atoms with E-state index in [1.165, 1.54) is 5.56 Å². The van der Waals surface area contributed by atoms with E-state index in [0.717, 1.165) is 24.3 Å². The van der Waals surface area contributed by atoms with Crippen molar-refractivity contribution in [3.8, 4) is 5.75 Å². The number of methoxy groups -OCH3 is 1. The van der Waals surface area contributed by atoms with Crippen molar-refractivity contribution in [2.75, 3.05) is 20.4 Å². The Balaban J connectivity index is 1.95. The normalized spacial score (nSPS) is 21.9. The van der Waals surface area contributed by atoms with E-state index in [9.17, 15) is 0 Å². The van der Waals surface area contributed by atoms with E-state index in [4.69, 9.17) is 9.47 Å². The van der Waals surface area contributed by atoms with Crippen molar-refractivity contribution >= 4 is 0 Å². The second-order valence-corrected chi connectivity index (χ2v) is 5.10. The van der Waals surface area contributed by atoms with Gasteiger partial charge in [0.2, 0.25) is 0 Å². The first-order valence-corrected chi connectivity index (χ1v) is 6.85. The monoisotopic (exact) mass is 269 g/mol. The van der Waals surface area contributed by atoms with Crippen molar-refractivity contribution in [2.45, 2.75) is 12.0 Å². The highest BCUT2D eigenvalue weighted by Crippen LogP contribution is 2.33. The summed E-state index contributed by atoms with van der Waals surface area (Å²) in [6.07, 6.45) is 0.855. The predicted octanol–water partition coefficient (Wildman–Crippen LogP) is 2.71. The molecule has 3 nitrogen and oxygen atoms in total. The summed E-state index contributed by atoms with van der Waals surface area (Å²) in [6, 6.07) is 18.6. The average molecular weight is 269 g/mol. The van der Waals surface area contributed by atoms with Crippen molar-refractivity contribution in [3.05, 3.63) is 65.7 Å². The quantitative estimate of drug-likeness (QED) is 0.925. The van der Waals surface area contributed by atoms with E-state index in [0.29, 0.717) is 6.73 Å². The topological polar surface area (TPSA) is 30.5 Å². The third kappa shape index (κ3) is 2.55. The summed E-state index contributed by atoms with van der Waals surface area (Å²) < 4.78 is 11.4. The maximum atomic E-state index is 6.06. The van der Waals surface area contributed by atoms with Gasteiger partial charge in [-0.05, 0) is 23.3 Å². The standard InChI is InChI=1S/C17H19NO2/c1-19-16-9-5-8-15(10-16)17(12-18-13-20-17)11-14-6-3-2-4-7-14/h2-10,18H,11-13H2,1H3. The van der Waals surface area contributed by atoms with Crippen LogP contribution in [0.2, 0.25) is 0 Å². The zero-order valence-electron chi connectivity index (χ0n) is 11.6. The lowest BCUT2D eigenvalue weighted by Gasteiger charge is -2.28. The Morgan fingerprint density at radius 3 is 2.70 bits per heavy atom. The molecule has 1 aliphatic heterocycles. The summed E-state index contributed by atoms with van der Waals surface area (Å²) in [5.74, 6) is 0.866. The van der Waals surface area contributed by atoms with E-state index in [1.807, 2.05) is 18.2 Å². The highest BCUT2D eigenvalue weighted by Gasteiger charge is 2.37. The second kappa shape index (κ2) is 5.65. The zero-order chi connectivity index (χ0) is 13.8. The van der Waals surface area contributed by atoms with E-state index >= 15 is 0 Å². The molecule has 20 heavy (non-hydrogen) atoms. The molecule has 3 rings (SSSR count). The summed E-state index contributed by atoms with van der Waals surface area (Å²) in [5.41, 5.74) is 2.13. The highest BCUT2D eigenvalue weighted by molar-refractivity contribution is 5.35. The zero-order valence-corrected chi connectivity index (χ0v) is 11.6. The average Bonchev–Trinajstić information content (AvgIpc) is 2.98. The largest absolute Gasteiger partial charge is 0.497 e. The van der Waals surface area contributed by atoms with Crippen LogP contribution in [-0.2, 0) is 16.8 Å². The maximum absolute atomic E-state index is 6.06. The van der Waals surface area contributed by atoms with E-state index < -0.39 is 0 Å². The van der Waals surface area contributed by atoms with Crippen molar-refractivity contribution in [2.24, 2.45) is 0 Å². The Morgan fingerprint density at radius 2 is 2.00 bits per heavy atom. The van der Waals surface area contributed by atoms with Crippen LogP contribution in [0.4, 0.5) is 0 Å². The van der Waals surface area contributed by atoms with Gasteiger partial charge < -0.3 is 9.47 Å². The van der Waals surface area contributed by atoms with E-state index in [-0.39, 0.29) is 5.60 Å². The molecule has 3 heteroatoms. The molecule has 0 aliphatic carbocycles. The number of nitrogens with one attached hydrogen (secondary N) is 1. The fourth-order valence-electron chi connectivity index (χ4n) is 2.73. The van der Waals surface area contributed by atoms with E-state index in [2.05, 4.69) is 41.7 Å². The van der Waals surface area contributed by atoms with Crippen LogP contribution < -0.4 is 10.1 Å². The summed E-state index contributed by atoms with van der Waals surface area (Å²) in [5, 5.41) is 3.31. The van der Waals surface area contributed by atoms with Crippen LogP contribution in [0, 0.1) is 0 Å². The minimum absolute atomic E-state index is 0.310. The minimum Gasteiger partial charge on any atom is -0.497 e. The number of benzene rings is 2. The van der Waals surface area contributed by atoms with Gasteiger partial charge in [-0.2, -0.15) is 0 Å². The van der Waals surface area contributed by atoms with Crippen molar-refractivity contribution < 1.29 is 9.47 Å². The number of ether oxygens (including phenoxy) is 2. The minimum atomic E-state index is -0.310. The Hall–Kier alpha value is -1.84. The molecule has 2 aromatic rings. The van der Waals surface area contributed by atoms with Gasteiger partial charge in [0.25, 0.3) is 0 Å². The van der Waals surface area contributed by atoms with Crippen molar-refractivity contribution in [3.63, 3.8) is 0 Å². The van der Waals surface area contributed by atoms with Gasteiger partial charge in [-0.25, -0.2) is 0 Å². The lowest BCUT2D eigenvalue weighted by atomic mass is 9.87. The SMILES string of the molecule is COc1cccc(C2(Cc3ccccc3)CNCO2)c1. The third-order valence-electron chi connectivity index (χ3n) is 3.79. The van der Waals surface area contributed by atoms with Gasteiger partial charge >= 0.3 is 0 Å². The Labute approximate surface area is 119 Å². The molecule has 1 heterocycles. The Bertz CT molecular complexity index is 562. The van der Waals surface area contributed by atoms with E-state index in [1.54, 1.807) is 7.11 Å². The predicted molar refractivity (Wildman–Crippen MR) is 78.8 cm³/mol. The molecule has 0 aromatic heterocycles. The molecule has 1 N–H and O–H groups in total. The lowest BCUT2D eigenvalue weighted by Crippen LogP contribution is -2.33. The first kappa shape index (κ1) is 13.2. The van der Waals surface area contributed by atoms with Crippen LogP contribution in [0.1, 0.15) is 11.1 Å². The number of hydrogen-bond donors (Lipinski definition) is 1. The molecule has 0 amide bonds. The Morgan fingerprint density at radius 1 is 1.15 bits per heavy atom. The second-order valence-electron chi connectivity index (χ2n) is 5.10. The number of hydrogen-bond acceptors (Lipinski definition) is 3. The molecule has 104 valence electrons. The smallest absolute Gasteiger partial charge is 0.119 e. The van der Waals surface area contributed by atoms with Crippen molar-refractivity contribution in [1.29, 1.82) is 0 Å². The van der Waals surface area contributed by atoms with Crippen LogP contribution >= 0.6 is 0 Å². The van der Waals surface area contributed by atoms with Gasteiger partial charge in [0.15, 0.2) is 0 Å². The highest BCUT2D eigenvalue weighted by atomic mass is 16.5. The molecule has 1 fully saturated rings. The van der Waals surface area contributed by atoms with Gasteiger partial charge in [-0.1, -0.05) is 42.5 Å². The summed E-state index contributed by atoms with van der Waals surface area (Å²) >= 11 is 0. The van der Waals surface area contributed by atoms with Crippen LogP contribution in [0.25, 0.3) is 0 Å². The molecular formula is C17H19NO2. The van der Waals surface area contributed by atoms with Crippen LogP contribution in [-0.4, -0.2) is 20.4 Å². The molecular weight excluding hydrogens is 250 g/mol. The molecule has 1 unspecified atom stereocenters. The van der Waals surface area contributed by atoms with Gasteiger partial charge in [-0.15, -0.1) is 0 Å². The Kier molecular flexibility index (Phi) is 3.72. The van der Waals surface area contributed by atoms with Gasteiger partial charge in [0.05, 0.1) is 13.8 Å². The summed E-state index contributed by atoms with van der Waals surface area (Å²) in [4.78, 5) is 0. The fraction of sp³-hybridized carbons (Fsp3) is 0.294. The lowest BCUT2D eigenvalue weighted by molar-refractivity contribution is 0.00730. The molecule has 2 aromatic carbocycles. The van der Waals surface area contributed by atoms with Gasteiger partial charge in [-0.3, -0.25) is 5.32 Å². The molecule has 0 spiro atoms. The van der Waals surface area contributed by atoms with Crippen LogP contribution in [0.15, 0.2) is 54.6 Å². The molecule has 1 atom stereocenters. The molecule has 1 aliphatic rings. The fourth-order valence-corrected chi connectivity index (χ4v) is 2.73. The first-order valence-electron chi connectivity index (χ1n) is 6.85. The molecule has 1 saturated heterocycles. The molecule has 0 bridgehead atoms. The number of rotatable bonds is 4. The van der Waals surface area contributed by atoms with Crippen LogP contribution in [0.3, 0.4) is 0 Å². The third-order valence-corrected chi connectivity index (χ3v) is 3.79. The first-order chi connectivity index (χ1) is 9.82.